The van der Waals surface area contributed by atoms with E-state index in [9.17, 15) is 4.79 Å². The van der Waals surface area contributed by atoms with Gasteiger partial charge in [-0.1, -0.05) is 42.5 Å². The summed E-state index contributed by atoms with van der Waals surface area (Å²) < 4.78 is 0. The van der Waals surface area contributed by atoms with Crippen molar-refractivity contribution in [1.82, 2.24) is 10.4 Å². The Morgan fingerprint density at radius 3 is 2.56 bits per heavy atom. The maximum Gasteiger partial charge on any atom is 0.283 e. The fraction of sp³-hybridized carbons (Fsp3) is 0.105. The van der Waals surface area contributed by atoms with E-state index in [1.807, 2.05) is 67.8 Å². The molecule has 0 spiro atoms. The lowest BCUT2D eigenvalue weighted by Crippen LogP contribution is -2.17. The van der Waals surface area contributed by atoms with E-state index in [4.69, 9.17) is 0 Å². The van der Waals surface area contributed by atoms with Gasteiger partial charge in [0.2, 0.25) is 0 Å². The van der Waals surface area contributed by atoms with Gasteiger partial charge in [0.15, 0.2) is 0 Å². The summed E-state index contributed by atoms with van der Waals surface area (Å²) in [7, 11) is 0. The number of nitrogens with zero attached hydrogens (tertiary/aromatic N) is 2. The number of thioether (sulfide) groups is 1. The van der Waals surface area contributed by atoms with Crippen molar-refractivity contribution < 1.29 is 4.79 Å². The maximum atomic E-state index is 12.3. The van der Waals surface area contributed by atoms with Crippen LogP contribution in [0.25, 0.3) is 10.6 Å². The summed E-state index contributed by atoms with van der Waals surface area (Å²) >= 11 is 3.06. The van der Waals surface area contributed by atoms with Crippen LogP contribution in [0.15, 0.2) is 64.6 Å². The summed E-state index contributed by atoms with van der Waals surface area (Å²) in [4.78, 5) is 18.6. The smallest absolute Gasteiger partial charge is 0.266 e. The van der Waals surface area contributed by atoms with Crippen LogP contribution in [0.3, 0.4) is 0 Å². The summed E-state index contributed by atoms with van der Waals surface area (Å²) in [5.41, 5.74) is 5.23. The highest BCUT2D eigenvalue weighted by Crippen LogP contribution is 2.27. The molecule has 0 radical (unpaired) electrons. The molecule has 0 aliphatic carbocycles. The summed E-state index contributed by atoms with van der Waals surface area (Å²) in [6.07, 6.45) is 3.67. The van der Waals surface area contributed by atoms with E-state index in [1.54, 1.807) is 18.0 Å². The Bertz CT molecular complexity index is 887. The van der Waals surface area contributed by atoms with Gasteiger partial charge in [0.25, 0.3) is 5.91 Å². The Hall–Kier alpha value is -2.44. The van der Waals surface area contributed by atoms with Crippen molar-refractivity contribution in [2.45, 2.75) is 11.8 Å². The fourth-order valence-electron chi connectivity index (χ4n) is 2.22. The Morgan fingerprint density at radius 1 is 1.16 bits per heavy atom. The van der Waals surface area contributed by atoms with Crippen molar-refractivity contribution in [3.63, 3.8) is 0 Å². The second kappa shape index (κ2) is 8.09. The van der Waals surface area contributed by atoms with Crippen LogP contribution >= 0.6 is 23.1 Å². The van der Waals surface area contributed by atoms with Gasteiger partial charge in [-0.25, -0.2) is 10.4 Å². The van der Waals surface area contributed by atoms with Crippen molar-refractivity contribution in [3.8, 4) is 10.6 Å². The molecule has 2 aromatic carbocycles. The van der Waals surface area contributed by atoms with Crippen LogP contribution in [-0.4, -0.2) is 23.4 Å². The minimum atomic E-state index is -0.242. The molecule has 3 aromatic rings. The second-order valence-electron chi connectivity index (χ2n) is 5.27. The van der Waals surface area contributed by atoms with Crippen molar-refractivity contribution in [1.29, 1.82) is 0 Å². The number of benzene rings is 2. The lowest BCUT2D eigenvalue weighted by Gasteiger charge is -1.98. The molecule has 6 heteroatoms. The van der Waals surface area contributed by atoms with Gasteiger partial charge in [0, 0.05) is 10.5 Å². The molecule has 4 nitrogen and oxygen atoms in total. The molecule has 0 bridgehead atoms. The van der Waals surface area contributed by atoms with Crippen molar-refractivity contribution in [2.75, 3.05) is 6.26 Å². The third-order valence-corrected chi connectivity index (χ3v) is 5.47. The van der Waals surface area contributed by atoms with Crippen LogP contribution in [0.4, 0.5) is 0 Å². The third-order valence-electron chi connectivity index (χ3n) is 3.52. The van der Waals surface area contributed by atoms with Crippen molar-refractivity contribution >= 4 is 35.2 Å². The molecule has 1 aromatic heterocycles. The second-order valence-corrected chi connectivity index (χ2v) is 7.15. The predicted octanol–water partition coefficient (Wildman–Crippen LogP) is 4.60. The minimum Gasteiger partial charge on any atom is -0.266 e. The highest BCUT2D eigenvalue weighted by atomic mass is 32.2. The molecule has 0 atom stereocenters. The Morgan fingerprint density at radius 2 is 1.88 bits per heavy atom. The normalized spacial score (nSPS) is 11.0. The number of rotatable bonds is 5. The summed E-state index contributed by atoms with van der Waals surface area (Å²) in [6, 6.07) is 17.8. The van der Waals surface area contributed by atoms with Gasteiger partial charge in [-0.2, -0.15) is 5.10 Å². The minimum absolute atomic E-state index is 0.242. The number of aryl methyl sites for hydroxylation is 1. The summed E-state index contributed by atoms with van der Waals surface area (Å²) in [5, 5.41) is 4.88. The monoisotopic (exact) mass is 367 g/mol. The average Bonchev–Trinajstić information content (AvgIpc) is 3.05. The highest BCUT2D eigenvalue weighted by Gasteiger charge is 2.15. The first-order valence-electron chi connectivity index (χ1n) is 7.67. The molecule has 126 valence electrons. The summed E-state index contributed by atoms with van der Waals surface area (Å²) in [5.74, 6) is -0.242. The zero-order chi connectivity index (χ0) is 17.6. The Labute approximate surface area is 155 Å². The zero-order valence-electron chi connectivity index (χ0n) is 13.9. The van der Waals surface area contributed by atoms with E-state index in [0.29, 0.717) is 10.6 Å². The first kappa shape index (κ1) is 17.4. The third kappa shape index (κ3) is 4.35. The molecule has 3 rings (SSSR count). The molecule has 0 saturated heterocycles. The van der Waals surface area contributed by atoms with Crippen LogP contribution in [0.2, 0.25) is 0 Å². The van der Waals surface area contributed by atoms with Gasteiger partial charge in [-0.05, 0) is 30.9 Å². The molecule has 0 aliphatic rings. The lowest BCUT2D eigenvalue weighted by atomic mass is 10.2. The predicted molar refractivity (Wildman–Crippen MR) is 106 cm³/mol. The van der Waals surface area contributed by atoms with Crippen LogP contribution in [0.5, 0.6) is 0 Å². The standard InChI is InChI=1S/C19H17N3OS2/c1-13-17(25-19(21-13)15-6-4-3-5-7-15)18(23)22-20-12-14-8-10-16(24-2)11-9-14/h3-12H,1-2H3,(H,22,23)/b20-12+. The maximum absolute atomic E-state index is 12.3. The van der Waals surface area contributed by atoms with E-state index < -0.39 is 0 Å². The van der Waals surface area contributed by atoms with E-state index in [0.717, 1.165) is 16.1 Å². The Balaban J connectivity index is 1.69. The van der Waals surface area contributed by atoms with Crippen LogP contribution in [0.1, 0.15) is 20.9 Å². The van der Waals surface area contributed by atoms with E-state index >= 15 is 0 Å². The molecular formula is C19H17N3OS2. The molecule has 25 heavy (non-hydrogen) atoms. The number of amides is 1. The van der Waals surface area contributed by atoms with Crippen molar-refractivity contribution in [3.05, 3.63) is 70.7 Å². The van der Waals surface area contributed by atoms with Gasteiger partial charge >= 0.3 is 0 Å². The highest BCUT2D eigenvalue weighted by molar-refractivity contribution is 7.98. The molecular weight excluding hydrogens is 350 g/mol. The SMILES string of the molecule is CSc1ccc(/C=N/NC(=O)c2sc(-c3ccccc3)nc2C)cc1. The molecule has 0 fully saturated rings. The number of hydrazone groups is 1. The first-order chi connectivity index (χ1) is 12.2. The Kier molecular flexibility index (Phi) is 5.63. The molecule has 0 unspecified atom stereocenters. The molecule has 1 heterocycles. The van der Waals surface area contributed by atoms with E-state index in [1.165, 1.54) is 16.2 Å². The van der Waals surface area contributed by atoms with Crippen molar-refractivity contribution in [2.24, 2.45) is 5.10 Å². The van der Waals surface area contributed by atoms with Gasteiger partial charge in [0.05, 0.1) is 11.9 Å². The van der Waals surface area contributed by atoms with E-state index in [-0.39, 0.29) is 5.91 Å². The van der Waals surface area contributed by atoms with Crippen LogP contribution in [-0.2, 0) is 0 Å². The molecule has 0 aliphatic heterocycles. The number of carbonyl (C=O) groups is 1. The molecule has 0 saturated carbocycles. The topological polar surface area (TPSA) is 54.4 Å². The lowest BCUT2D eigenvalue weighted by molar-refractivity contribution is 0.0958. The zero-order valence-corrected chi connectivity index (χ0v) is 15.5. The van der Waals surface area contributed by atoms with Gasteiger partial charge in [0.1, 0.15) is 9.88 Å². The fourth-order valence-corrected chi connectivity index (χ4v) is 3.59. The van der Waals surface area contributed by atoms with Gasteiger partial charge < -0.3 is 0 Å². The van der Waals surface area contributed by atoms with Gasteiger partial charge in [-0.15, -0.1) is 23.1 Å². The number of hydrogen-bond donors (Lipinski definition) is 1. The van der Waals surface area contributed by atoms with Crippen LogP contribution in [0, 0.1) is 6.92 Å². The summed E-state index contributed by atoms with van der Waals surface area (Å²) in [6.45, 7) is 1.84. The first-order valence-corrected chi connectivity index (χ1v) is 9.72. The largest absolute Gasteiger partial charge is 0.283 e. The van der Waals surface area contributed by atoms with Gasteiger partial charge in [-0.3, -0.25) is 4.79 Å². The molecule has 1 N–H and O–H groups in total. The quantitative estimate of drug-likeness (QED) is 0.407. The van der Waals surface area contributed by atoms with E-state index in [2.05, 4.69) is 15.5 Å². The number of nitrogens with one attached hydrogen (secondary N) is 1. The number of aromatic nitrogens is 1. The number of thiazole rings is 1. The average molecular weight is 367 g/mol. The number of hydrogen-bond acceptors (Lipinski definition) is 5. The van der Waals surface area contributed by atoms with Crippen LogP contribution < -0.4 is 5.43 Å². The molecule has 1 amide bonds. The number of carbonyl (C=O) groups excluding carboxylic acids is 1.